The smallest absolute Gasteiger partial charge is 0.416 e. The zero-order valence-electron chi connectivity index (χ0n) is 18.0. The third kappa shape index (κ3) is 5.05. The second kappa shape index (κ2) is 9.58. The summed E-state index contributed by atoms with van der Waals surface area (Å²) in [5.41, 5.74) is 0.762. The fourth-order valence-corrected chi connectivity index (χ4v) is 3.48. The van der Waals surface area contributed by atoms with Gasteiger partial charge in [-0.25, -0.2) is 23.7 Å². The number of halogens is 5. The van der Waals surface area contributed by atoms with Crippen molar-refractivity contribution < 1.29 is 26.7 Å². The topological polar surface area (TPSA) is 59.9 Å². The molecule has 0 amide bonds. The second-order valence-electron chi connectivity index (χ2n) is 7.43. The Morgan fingerprint density at radius 2 is 1.74 bits per heavy atom. The summed E-state index contributed by atoms with van der Waals surface area (Å²) < 4.78 is 72.6. The van der Waals surface area contributed by atoms with Crippen LogP contribution in [0, 0.1) is 11.6 Å². The van der Waals surface area contributed by atoms with E-state index in [9.17, 15) is 22.0 Å². The van der Waals surface area contributed by atoms with Gasteiger partial charge in [0.25, 0.3) is 0 Å². The first kappa shape index (κ1) is 23.3. The van der Waals surface area contributed by atoms with Gasteiger partial charge in [0.2, 0.25) is 5.88 Å². The van der Waals surface area contributed by atoms with Crippen LogP contribution in [0.15, 0.2) is 55.0 Å². The van der Waals surface area contributed by atoms with Crippen molar-refractivity contribution in [3.8, 4) is 11.6 Å². The van der Waals surface area contributed by atoms with Crippen LogP contribution in [0.1, 0.15) is 23.6 Å². The molecule has 1 N–H and O–H groups in total. The van der Waals surface area contributed by atoms with Crippen molar-refractivity contribution in [2.24, 2.45) is 0 Å². The second-order valence-corrected chi connectivity index (χ2v) is 7.43. The van der Waals surface area contributed by atoms with Crippen LogP contribution < -0.4 is 10.1 Å². The van der Waals surface area contributed by atoms with E-state index in [0.29, 0.717) is 25.1 Å². The quantitative estimate of drug-likeness (QED) is 0.317. The lowest BCUT2D eigenvalue weighted by Crippen LogP contribution is -2.08. The number of fused-ring (bicyclic) bond motifs is 1. The van der Waals surface area contributed by atoms with E-state index >= 15 is 0 Å². The van der Waals surface area contributed by atoms with Crippen molar-refractivity contribution in [3.05, 3.63) is 83.3 Å². The molecule has 0 aliphatic carbocycles. The van der Waals surface area contributed by atoms with Crippen LogP contribution in [0.25, 0.3) is 10.9 Å². The number of anilines is 1. The number of hydrogen-bond acceptors (Lipinski definition) is 5. The predicted molar refractivity (Wildman–Crippen MR) is 117 cm³/mol. The maximum atomic E-state index is 14.2. The third-order valence-corrected chi connectivity index (χ3v) is 5.18. The van der Waals surface area contributed by atoms with E-state index in [1.807, 2.05) is 13.0 Å². The van der Waals surface area contributed by atoms with Gasteiger partial charge in [-0.05, 0) is 48.2 Å². The average molecular weight is 474 g/mol. The first-order valence-corrected chi connectivity index (χ1v) is 10.4. The summed E-state index contributed by atoms with van der Waals surface area (Å²) in [4.78, 5) is 11.7. The van der Waals surface area contributed by atoms with E-state index in [0.717, 1.165) is 47.9 Å². The summed E-state index contributed by atoms with van der Waals surface area (Å²) in [6.45, 7) is 2.27. The molecule has 176 valence electrons. The van der Waals surface area contributed by atoms with E-state index in [4.69, 9.17) is 4.74 Å². The standard InChI is InChI=1S/C24H19F5N4O/c1-2-15-11-14(3-6-19(15)34-20-12-16(8-10-30-20)24(27,28)29)7-9-31-23-21-17(25)4-5-18(26)22(21)32-13-33-23/h3-6,8,10-13H,2,7,9H2,1H3,(H,31,32,33). The predicted octanol–water partition coefficient (Wildman–Crippen LogP) is 6.33. The van der Waals surface area contributed by atoms with Gasteiger partial charge in [0.15, 0.2) is 0 Å². The number of nitrogens with one attached hydrogen (secondary N) is 1. The van der Waals surface area contributed by atoms with E-state index in [1.54, 1.807) is 12.1 Å². The molecule has 0 saturated heterocycles. The lowest BCUT2D eigenvalue weighted by atomic mass is 10.1. The number of pyridine rings is 1. The summed E-state index contributed by atoms with van der Waals surface area (Å²) in [7, 11) is 0. The van der Waals surface area contributed by atoms with Gasteiger partial charge in [-0.1, -0.05) is 19.1 Å². The Morgan fingerprint density at radius 1 is 0.941 bits per heavy atom. The molecular formula is C24H19F5N4O. The van der Waals surface area contributed by atoms with Crippen LogP contribution in [0.2, 0.25) is 0 Å². The van der Waals surface area contributed by atoms with E-state index < -0.39 is 23.4 Å². The van der Waals surface area contributed by atoms with E-state index in [-0.39, 0.29) is 22.6 Å². The minimum atomic E-state index is -4.49. The Bertz CT molecular complexity index is 1330. The van der Waals surface area contributed by atoms with Crippen LogP contribution in [0.5, 0.6) is 11.6 Å². The summed E-state index contributed by atoms with van der Waals surface area (Å²) in [5, 5.41) is 2.99. The number of aryl methyl sites for hydroxylation is 1. The number of nitrogens with zero attached hydrogens (tertiary/aromatic N) is 3. The monoisotopic (exact) mass is 474 g/mol. The molecule has 0 unspecified atom stereocenters. The highest BCUT2D eigenvalue weighted by molar-refractivity contribution is 5.89. The molecule has 2 aromatic carbocycles. The molecule has 10 heteroatoms. The minimum Gasteiger partial charge on any atom is -0.439 e. The maximum Gasteiger partial charge on any atom is 0.416 e. The van der Waals surface area contributed by atoms with Crippen LogP contribution >= 0.6 is 0 Å². The Hall–Kier alpha value is -3.82. The average Bonchev–Trinajstić information content (AvgIpc) is 2.82. The summed E-state index contributed by atoms with van der Waals surface area (Å²) in [6.07, 6.45) is -1.17. The lowest BCUT2D eigenvalue weighted by molar-refractivity contribution is -0.137. The van der Waals surface area contributed by atoms with Gasteiger partial charge in [0.1, 0.15) is 35.0 Å². The van der Waals surface area contributed by atoms with Crippen molar-refractivity contribution in [1.29, 1.82) is 0 Å². The Balaban J connectivity index is 1.47. The van der Waals surface area contributed by atoms with E-state index in [1.165, 1.54) is 0 Å². The molecule has 0 fully saturated rings. The highest BCUT2D eigenvalue weighted by Crippen LogP contribution is 2.33. The summed E-state index contributed by atoms with van der Waals surface area (Å²) in [6, 6.07) is 9.10. The molecule has 0 saturated carbocycles. The molecule has 2 aromatic heterocycles. The molecule has 0 aliphatic heterocycles. The third-order valence-electron chi connectivity index (χ3n) is 5.18. The lowest BCUT2D eigenvalue weighted by Gasteiger charge is -2.13. The molecule has 34 heavy (non-hydrogen) atoms. The number of hydrogen-bond donors (Lipinski definition) is 1. The summed E-state index contributed by atoms with van der Waals surface area (Å²) >= 11 is 0. The van der Waals surface area contributed by atoms with Crippen molar-refractivity contribution >= 4 is 16.7 Å². The zero-order valence-corrected chi connectivity index (χ0v) is 18.0. The van der Waals surface area contributed by atoms with Gasteiger partial charge >= 0.3 is 6.18 Å². The molecule has 5 nitrogen and oxygen atoms in total. The van der Waals surface area contributed by atoms with Crippen LogP contribution in [0.4, 0.5) is 27.8 Å². The van der Waals surface area contributed by atoms with Crippen molar-refractivity contribution in [3.63, 3.8) is 0 Å². The fraction of sp³-hybridized carbons (Fsp3) is 0.208. The van der Waals surface area contributed by atoms with Crippen LogP contribution in [-0.2, 0) is 19.0 Å². The van der Waals surface area contributed by atoms with E-state index in [2.05, 4.69) is 20.3 Å². The molecule has 0 spiro atoms. The van der Waals surface area contributed by atoms with Gasteiger partial charge in [-0.3, -0.25) is 0 Å². The van der Waals surface area contributed by atoms with Gasteiger partial charge < -0.3 is 10.1 Å². The minimum absolute atomic E-state index is 0.0194. The van der Waals surface area contributed by atoms with Crippen LogP contribution in [0.3, 0.4) is 0 Å². The number of ether oxygens (including phenoxy) is 1. The maximum absolute atomic E-state index is 14.2. The largest absolute Gasteiger partial charge is 0.439 e. The van der Waals surface area contributed by atoms with Gasteiger partial charge in [0.05, 0.1) is 10.9 Å². The Morgan fingerprint density at radius 3 is 2.50 bits per heavy atom. The molecule has 2 heterocycles. The fourth-order valence-electron chi connectivity index (χ4n) is 3.48. The molecule has 4 rings (SSSR count). The van der Waals surface area contributed by atoms with Crippen molar-refractivity contribution in [2.45, 2.75) is 25.9 Å². The number of benzene rings is 2. The highest BCUT2D eigenvalue weighted by atomic mass is 19.4. The highest BCUT2D eigenvalue weighted by Gasteiger charge is 2.31. The molecule has 0 atom stereocenters. The molecule has 0 radical (unpaired) electrons. The zero-order chi connectivity index (χ0) is 24.3. The van der Waals surface area contributed by atoms with Gasteiger partial charge in [-0.15, -0.1) is 0 Å². The number of rotatable bonds is 7. The molecule has 0 aliphatic rings. The SMILES string of the molecule is CCc1cc(CCNc2ncnc3c(F)ccc(F)c23)ccc1Oc1cc(C(F)(F)F)ccn1. The van der Waals surface area contributed by atoms with Gasteiger partial charge in [0, 0.05) is 18.8 Å². The molecule has 4 aromatic rings. The van der Waals surface area contributed by atoms with Crippen molar-refractivity contribution in [2.75, 3.05) is 11.9 Å². The van der Waals surface area contributed by atoms with Gasteiger partial charge in [-0.2, -0.15) is 13.2 Å². The Labute approximate surface area is 191 Å². The first-order chi connectivity index (χ1) is 16.3. The summed E-state index contributed by atoms with van der Waals surface area (Å²) in [5.74, 6) is -0.819. The first-order valence-electron chi connectivity index (χ1n) is 10.4. The Kier molecular flexibility index (Phi) is 6.58. The molecule has 0 bridgehead atoms. The molecular weight excluding hydrogens is 455 g/mol. The normalized spacial score (nSPS) is 11.6. The number of aromatic nitrogens is 3. The number of alkyl halides is 3. The van der Waals surface area contributed by atoms with Crippen LogP contribution in [-0.4, -0.2) is 21.5 Å². The van der Waals surface area contributed by atoms with Crippen molar-refractivity contribution in [1.82, 2.24) is 15.0 Å².